The van der Waals surface area contributed by atoms with E-state index < -0.39 is 0 Å². The summed E-state index contributed by atoms with van der Waals surface area (Å²) < 4.78 is 1.03. The van der Waals surface area contributed by atoms with Crippen molar-refractivity contribution in [1.82, 2.24) is 5.32 Å². The Labute approximate surface area is 131 Å². The van der Waals surface area contributed by atoms with Crippen molar-refractivity contribution in [3.05, 3.63) is 28.2 Å². The van der Waals surface area contributed by atoms with E-state index in [4.69, 9.17) is 0 Å². The van der Waals surface area contributed by atoms with Gasteiger partial charge in [0.15, 0.2) is 0 Å². The molecule has 1 aliphatic rings. The molecule has 2 N–H and O–H groups in total. The molecule has 1 aliphatic carbocycles. The van der Waals surface area contributed by atoms with Gasteiger partial charge in [-0.1, -0.05) is 42.6 Å². The summed E-state index contributed by atoms with van der Waals surface area (Å²) in [6.45, 7) is 5.59. The fourth-order valence-electron chi connectivity index (χ4n) is 3.12. The fraction of sp³-hybridized carbons (Fsp3) is 0.647. The summed E-state index contributed by atoms with van der Waals surface area (Å²) in [5, 5.41) is 13.7. The van der Waals surface area contributed by atoms with Crippen molar-refractivity contribution >= 4 is 15.9 Å². The molecule has 0 heterocycles. The van der Waals surface area contributed by atoms with Gasteiger partial charge in [-0.25, -0.2) is 0 Å². The Morgan fingerprint density at radius 2 is 2.00 bits per heavy atom. The van der Waals surface area contributed by atoms with Gasteiger partial charge in [-0.05, 0) is 55.8 Å². The maximum atomic E-state index is 10.0. The van der Waals surface area contributed by atoms with Crippen LogP contribution in [0.25, 0.3) is 0 Å². The molecule has 0 saturated heterocycles. The van der Waals surface area contributed by atoms with E-state index in [0.29, 0.717) is 5.75 Å². The van der Waals surface area contributed by atoms with Crippen LogP contribution in [0.15, 0.2) is 22.7 Å². The summed E-state index contributed by atoms with van der Waals surface area (Å²) in [5.41, 5.74) is 1.01. The molecule has 112 valence electrons. The monoisotopic (exact) mass is 339 g/mol. The molecule has 2 nitrogen and oxygen atoms in total. The normalized spacial score (nSPS) is 24.6. The lowest BCUT2D eigenvalue weighted by molar-refractivity contribution is 0.272. The van der Waals surface area contributed by atoms with Crippen molar-refractivity contribution in [2.45, 2.75) is 52.0 Å². The van der Waals surface area contributed by atoms with E-state index in [-0.39, 0.29) is 6.04 Å². The third-order valence-corrected chi connectivity index (χ3v) is 5.05. The quantitative estimate of drug-likeness (QED) is 0.789. The van der Waals surface area contributed by atoms with Gasteiger partial charge in [-0.15, -0.1) is 0 Å². The minimum atomic E-state index is 0.242. The van der Waals surface area contributed by atoms with E-state index in [1.165, 1.54) is 25.7 Å². The van der Waals surface area contributed by atoms with Crippen molar-refractivity contribution in [2.75, 3.05) is 6.54 Å². The molecular weight excluding hydrogens is 314 g/mol. The number of hydrogen-bond donors (Lipinski definition) is 2. The van der Waals surface area contributed by atoms with Crippen molar-refractivity contribution in [3.63, 3.8) is 0 Å². The minimum Gasteiger partial charge on any atom is -0.508 e. The van der Waals surface area contributed by atoms with Crippen molar-refractivity contribution < 1.29 is 5.11 Å². The van der Waals surface area contributed by atoms with Crippen LogP contribution in [0.5, 0.6) is 5.75 Å². The van der Waals surface area contributed by atoms with Gasteiger partial charge in [0.1, 0.15) is 5.75 Å². The Bertz CT molecular complexity index is 427. The molecule has 0 spiro atoms. The molecule has 1 fully saturated rings. The standard InChI is InChI=1S/C17H26BrNO/c1-3-16(15-10-14(18)8-9-17(15)20)19-11-13-6-4-12(2)5-7-13/h8-10,12-13,16,19-20H,3-7,11H2,1-2H3. The highest BCUT2D eigenvalue weighted by molar-refractivity contribution is 9.10. The zero-order valence-electron chi connectivity index (χ0n) is 12.5. The first-order valence-electron chi connectivity index (χ1n) is 7.82. The molecule has 1 aromatic carbocycles. The molecule has 0 aliphatic heterocycles. The first kappa shape index (κ1) is 15.8. The summed E-state index contributed by atoms with van der Waals surface area (Å²) in [6.07, 6.45) is 6.41. The molecule has 1 saturated carbocycles. The number of hydrogen-bond acceptors (Lipinski definition) is 2. The summed E-state index contributed by atoms with van der Waals surface area (Å²) in [7, 11) is 0. The van der Waals surface area contributed by atoms with Gasteiger partial charge in [0.05, 0.1) is 0 Å². The van der Waals surface area contributed by atoms with Gasteiger partial charge in [-0.2, -0.15) is 0 Å². The Balaban J connectivity index is 1.93. The van der Waals surface area contributed by atoms with Crippen LogP contribution in [-0.4, -0.2) is 11.7 Å². The minimum absolute atomic E-state index is 0.242. The lowest BCUT2D eigenvalue weighted by Crippen LogP contribution is -2.29. The SMILES string of the molecule is CCC(NCC1CCC(C)CC1)c1cc(Br)ccc1O. The highest BCUT2D eigenvalue weighted by atomic mass is 79.9. The van der Waals surface area contributed by atoms with Crippen LogP contribution in [0.3, 0.4) is 0 Å². The summed E-state index contributed by atoms with van der Waals surface area (Å²) in [5.74, 6) is 2.10. The number of rotatable bonds is 5. The number of phenolic OH excluding ortho intramolecular Hbond substituents is 1. The fourth-order valence-corrected chi connectivity index (χ4v) is 3.50. The third-order valence-electron chi connectivity index (χ3n) is 4.56. The number of phenols is 1. The zero-order chi connectivity index (χ0) is 14.5. The van der Waals surface area contributed by atoms with Gasteiger partial charge in [0.2, 0.25) is 0 Å². The molecule has 0 radical (unpaired) electrons. The highest BCUT2D eigenvalue weighted by Crippen LogP contribution is 2.31. The second-order valence-corrected chi connectivity index (χ2v) is 7.11. The third kappa shape index (κ3) is 4.23. The molecular formula is C17H26BrNO. The van der Waals surface area contributed by atoms with Gasteiger partial charge < -0.3 is 10.4 Å². The van der Waals surface area contributed by atoms with Gasteiger partial charge in [0.25, 0.3) is 0 Å². The van der Waals surface area contributed by atoms with E-state index in [9.17, 15) is 5.11 Å². The Hall–Kier alpha value is -0.540. The van der Waals surface area contributed by atoms with Crippen LogP contribution in [0.1, 0.15) is 57.6 Å². The summed E-state index contributed by atoms with van der Waals surface area (Å²) >= 11 is 3.49. The zero-order valence-corrected chi connectivity index (χ0v) is 14.1. The molecule has 0 amide bonds. The van der Waals surface area contributed by atoms with Crippen LogP contribution in [-0.2, 0) is 0 Å². The maximum Gasteiger partial charge on any atom is 0.120 e. The second-order valence-electron chi connectivity index (χ2n) is 6.20. The van der Waals surface area contributed by atoms with Crippen molar-refractivity contribution in [2.24, 2.45) is 11.8 Å². The Morgan fingerprint density at radius 1 is 1.30 bits per heavy atom. The average molecular weight is 340 g/mol. The smallest absolute Gasteiger partial charge is 0.120 e. The number of nitrogens with one attached hydrogen (secondary N) is 1. The second kappa shape index (κ2) is 7.46. The molecule has 20 heavy (non-hydrogen) atoms. The lowest BCUT2D eigenvalue weighted by Gasteiger charge is -2.28. The van der Waals surface area contributed by atoms with Gasteiger partial charge in [0, 0.05) is 16.1 Å². The Kier molecular flexibility index (Phi) is 5.91. The van der Waals surface area contributed by atoms with Gasteiger partial charge in [-0.3, -0.25) is 0 Å². The largest absolute Gasteiger partial charge is 0.508 e. The topological polar surface area (TPSA) is 32.3 Å². The van der Waals surface area contributed by atoms with Crippen molar-refractivity contribution in [1.29, 1.82) is 0 Å². The number of halogens is 1. The molecule has 1 unspecified atom stereocenters. The number of benzene rings is 1. The maximum absolute atomic E-state index is 10.0. The first-order valence-corrected chi connectivity index (χ1v) is 8.61. The predicted molar refractivity (Wildman–Crippen MR) is 88.0 cm³/mol. The molecule has 0 aromatic heterocycles. The lowest BCUT2D eigenvalue weighted by atomic mass is 9.83. The van der Waals surface area contributed by atoms with Crippen LogP contribution in [0, 0.1) is 11.8 Å². The first-order chi connectivity index (χ1) is 9.60. The van der Waals surface area contributed by atoms with E-state index in [0.717, 1.165) is 34.8 Å². The van der Waals surface area contributed by atoms with Crippen LogP contribution >= 0.6 is 15.9 Å². The van der Waals surface area contributed by atoms with E-state index in [1.54, 1.807) is 6.07 Å². The highest BCUT2D eigenvalue weighted by Gasteiger charge is 2.20. The van der Waals surface area contributed by atoms with Crippen LogP contribution < -0.4 is 5.32 Å². The number of aromatic hydroxyl groups is 1. The molecule has 2 rings (SSSR count). The van der Waals surface area contributed by atoms with Crippen LogP contribution in [0.4, 0.5) is 0 Å². The molecule has 1 atom stereocenters. The average Bonchev–Trinajstić information content (AvgIpc) is 2.45. The van der Waals surface area contributed by atoms with Crippen molar-refractivity contribution in [3.8, 4) is 5.75 Å². The summed E-state index contributed by atoms with van der Waals surface area (Å²) in [6, 6.07) is 5.92. The molecule has 3 heteroatoms. The summed E-state index contributed by atoms with van der Waals surface area (Å²) in [4.78, 5) is 0. The van der Waals surface area contributed by atoms with Crippen LogP contribution in [0.2, 0.25) is 0 Å². The Morgan fingerprint density at radius 3 is 2.65 bits per heavy atom. The van der Waals surface area contributed by atoms with E-state index in [1.807, 2.05) is 12.1 Å². The molecule has 1 aromatic rings. The predicted octanol–water partition coefficient (Wildman–Crippen LogP) is 5.02. The van der Waals surface area contributed by atoms with E-state index in [2.05, 4.69) is 35.1 Å². The van der Waals surface area contributed by atoms with E-state index >= 15 is 0 Å². The molecule has 0 bridgehead atoms. The van der Waals surface area contributed by atoms with Gasteiger partial charge >= 0.3 is 0 Å².